The summed E-state index contributed by atoms with van der Waals surface area (Å²) >= 11 is 8.67. The molecule has 0 amide bonds. The van der Waals surface area contributed by atoms with Gasteiger partial charge in [-0.05, 0) is 55.9 Å². The predicted molar refractivity (Wildman–Crippen MR) is 93.0 cm³/mol. The minimum atomic E-state index is 0.517. The molecule has 0 spiro atoms. The van der Waals surface area contributed by atoms with Gasteiger partial charge in [0.1, 0.15) is 0 Å². The highest BCUT2D eigenvalue weighted by atomic mass is 79.9. The summed E-state index contributed by atoms with van der Waals surface area (Å²) in [4.78, 5) is 0. The van der Waals surface area contributed by atoms with Crippen LogP contribution >= 0.6 is 28.1 Å². The molecule has 0 radical (unpaired) electrons. The second kappa shape index (κ2) is 6.72. The van der Waals surface area contributed by atoms with Gasteiger partial charge in [0, 0.05) is 10.2 Å². The van der Waals surface area contributed by atoms with E-state index in [1.54, 1.807) is 0 Å². The second-order valence-electron chi connectivity index (χ2n) is 4.53. The smallest absolute Gasteiger partial charge is 0.189 e. The highest BCUT2D eigenvalue weighted by Gasteiger charge is 2.00. The highest BCUT2D eigenvalue weighted by molar-refractivity contribution is 9.10. The fourth-order valence-electron chi connectivity index (χ4n) is 1.81. The Labute approximate surface area is 132 Å². The Morgan fingerprint density at radius 1 is 1.10 bits per heavy atom. The molecular weight excluding hydrogens is 334 g/mol. The molecule has 2 aromatic rings. The van der Waals surface area contributed by atoms with E-state index in [9.17, 15) is 0 Å². The molecule has 0 heterocycles. The van der Waals surface area contributed by atoms with Crippen LogP contribution in [0.25, 0.3) is 0 Å². The molecule has 0 saturated carbocycles. The van der Waals surface area contributed by atoms with Crippen molar-refractivity contribution >= 4 is 44.6 Å². The van der Waals surface area contributed by atoms with E-state index in [1.807, 2.05) is 30.3 Å². The van der Waals surface area contributed by atoms with Gasteiger partial charge in [-0.1, -0.05) is 39.7 Å². The van der Waals surface area contributed by atoms with Crippen molar-refractivity contribution in [2.24, 2.45) is 0 Å². The quantitative estimate of drug-likeness (QED) is 0.567. The maximum absolute atomic E-state index is 5.25. The van der Waals surface area contributed by atoms with Crippen molar-refractivity contribution in [3.63, 3.8) is 0 Å². The van der Waals surface area contributed by atoms with E-state index in [1.165, 1.54) is 11.1 Å². The lowest BCUT2D eigenvalue weighted by atomic mass is 10.1. The SMILES string of the molecule is Cc1ccc(NNC(=S)Nc2cccc(Br)c2)c(C)c1. The molecular formula is C15H16BrN3S. The van der Waals surface area contributed by atoms with Crippen LogP contribution in [0.2, 0.25) is 0 Å². The van der Waals surface area contributed by atoms with Gasteiger partial charge in [0.15, 0.2) is 5.11 Å². The van der Waals surface area contributed by atoms with Gasteiger partial charge in [0.25, 0.3) is 0 Å². The molecule has 0 fully saturated rings. The molecule has 5 heteroatoms. The number of hydrogen-bond acceptors (Lipinski definition) is 2. The molecule has 0 aliphatic heterocycles. The Morgan fingerprint density at radius 3 is 2.60 bits per heavy atom. The molecule has 0 bridgehead atoms. The fraction of sp³-hybridized carbons (Fsp3) is 0.133. The van der Waals surface area contributed by atoms with E-state index in [0.717, 1.165) is 15.8 Å². The van der Waals surface area contributed by atoms with Crippen LogP contribution in [0.15, 0.2) is 46.9 Å². The summed E-state index contributed by atoms with van der Waals surface area (Å²) in [5, 5.41) is 3.63. The summed E-state index contributed by atoms with van der Waals surface area (Å²) in [5.41, 5.74) is 10.4. The first-order valence-corrected chi connectivity index (χ1v) is 7.40. The third-order valence-electron chi connectivity index (χ3n) is 2.78. The average Bonchev–Trinajstić information content (AvgIpc) is 2.37. The van der Waals surface area contributed by atoms with Crippen LogP contribution in [0.1, 0.15) is 11.1 Å². The lowest BCUT2D eigenvalue weighted by Gasteiger charge is -2.14. The van der Waals surface area contributed by atoms with Crippen LogP contribution in [-0.2, 0) is 0 Å². The van der Waals surface area contributed by atoms with Crippen LogP contribution in [-0.4, -0.2) is 5.11 Å². The largest absolute Gasteiger partial charge is 0.331 e. The first-order valence-electron chi connectivity index (χ1n) is 6.20. The van der Waals surface area contributed by atoms with E-state index < -0.39 is 0 Å². The van der Waals surface area contributed by atoms with Gasteiger partial charge in [0.2, 0.25) is 0 Å². The van der Waals surface area contributed by atoms with Crippen LogP contribution in [0, 0.1) is 13.8 Å². The Balaban J connectivity index is 1.92. The highest BCUT2D eigenvalue weighted by Crippen LogP contribution is 2.16. The summed E-state index contributed by atoms with van der Waals surface area (Å²) in [6, 6.07) is 14.0. The minimum absolute atomic E-state index is 0.517. The van der Waals surface area contributed by atoms with Gasteiger partial charge in [-0.25, -0.2) is 0 Å². The third-order valence-corrected chi connectivity index (χ3v) is 3.47. The number of halogens is 1. The monoisotopic (exact) mass is 349 g/mol. The number of thiocarbonyl (C=S) groups is 1. The number of aryl methyl sites for hydroxylation is 2. The molecule has 0 aromatic heterocycles. The molecule has 104 valence electrons. The Hall–Kier alpha value is -1.59. The van der Waals surface area contributed by atoms with Crippen molar-refractivity contribution in [3.05, 3.63) is 58.1 Å². The molecule has 2 rings (SSSR count). The maximum atomic E-state index is 5.25. The molecule has 0 atom stereocenters. The normalized spacial score (nSPS) is 9.95. The van der Waals surface area contributed by atoms with Gasteiger partial charge in [0.05, 0.1) is 5.69 Å². The minimum Gasteiger partial charge on any atom is -0.331 e. The molecule has 3 N–H and O–H groups in total. The van der Waals surface area contributed by atoms with Crippen LogP contribution in [0.4, 0.5) is 11.4 Å². The summed E-state index contributed by atoms with van der Waals surface area (Å²) in [6.45, 7) is 4.13. The van der Waals surface area contributed by atoms with Crippen molar-refractivity contribution in [1.82, 2.24) is 5.43 Å². The van der Waals surface area contributed by atoms with E-state index in [2.05, 4.69) is 58.1 Å². The van der Waals surface area contributed by atoms with Crippen molar-refractivity contribution in [2.75, 3.05) is 10.7 Å². The van der Waals surface area contributed by atoms with E-state index in [-0.39, 0.29) is 0 Å². The molecule has 0 saturated heterocycles. The topological polar surface area (TPSA) is 36.1 Å². The maximum Gasteiger partial charge on any atom is 0.189 e. The van der Waals surface area contributed by atoms with Gasteiger partial charge in [-0.2, -0.15) is 0 Å². The lowest BCUT2D eigenvalue weighted by Crippen LogP contribution is -2.33. The van der Waals surface area contributed by atoms with Gasteiger partial charge >= 0.3 is 0 Å². The zero-order valence-electron chi connectivity index (χ0n) is 11.3. The number of benzene rings is 2. The van der Waals surface area contributed by atoms with Crippen LogP contribution in [0.5, 0.6) is 0 Å². The third kappa shape index (κ3) is 4.21. The van der Waals surface area contributed by atoms with E-state index in [0.29, 0.717) is 5.11 Å². The first kappa shape index (κ1) is 14.8. The van der Waals surface area contributed by atoms with E-state index in [4.69, 9.17) is 12.2 Å². The lowest BCUT2D eigenvalue weighted by molar-refractivity contribution is 1.12. The summed E-state index contributed by atoms with van der Waals surface area (Å²) < 4.78 is 1.01. The number of nitrogens with one attached hydrogen (secondary N) is 3. The van der Waals surface area contributed by atoms with Gasteiger partial charge in [-0.15, -0.1) is 0 Å². The standard InChI is InChI=1S/C15H16BrN3S/c1-10-6-7-14(11(2)8-10)18-19-15(20)17-13-5-3-4-12(16)9-13/h3-9,18H,1-2H3,(H2,17,19,20). The molecule has 0 unspecified atom stereocenters. The summed E-state index contributed by atoms with van der Waals surface area (Å²) in [7, 11) is 0. The number of rotatable bonds is 3. The van der Waals surface area contributed by atoms with E-state index >= 15 is 0 Å². The molecule has 2 aromatic carbocycles. The number of hydrogen-bond donors (Lipinski definition) is 3. The summed E-state index contributed by atoms with van der Waals surface area (Å²) in [5.74, 6) is 0. The van der Waals surface area contributed by atoms with Crippen molar-refractivity contribution in [3.8, 4) is 0 Å². The molecule has 20 heavy (non-hydrogen) atoms. The van der Waals surface area contributed by atoms with Crippen molar-refractivity contribution in [1.29, 1.82) is 0 Å². The Kier molecular flexibility index (Phi) is 4.98. The second-order valence-corrected chi connectivity index (χ2v) is 5.86. The van der Waals surface area contributed by atoms with Crippen LogP contribution < -0.4 is 16.2 Å². The Bertz CT molecular complexity index is 628. The van der Waals surface area contributed by atoms with Crippen molar-refractivity contribution < 1.29 is 0 Å². The predicted octanol–water partition coefficient (Wildman–Crippen LogP) is 4.38. The number of anilines is 2. The van der Waals surface area contributed by atoms with Crippen molar-refractivity contribution in [2.45, 2.75) is 13.8 Å². The summed E-state index contributed by atoms with van der Waals surface area (Å²) in [6.07, 6.45) is 0. The number of hydrazine groups is 1. The van der Waals surface area contributed by atoms with Crippen LogP contribution in [0.3, 0.4) is 0 Å². The van der Waals surface area contributed by atoms with Gasteiger partial charge in [-0.3, -0.25) is 10.9 Å². The Morgan fingerprint density at radius 2 is 1.90 bits per heavy atom. The van der Waals surface area contributed by atoms with Gasteiger partial charge < -0.3 is 5.32 Å². The zero-order chi connectivity index (χ0) is 14.5. The molecule has 3 nitrogen and oxygen atoms in total. The fourth-order valence-corrected chi connectivity index (χ4v) is 2.37. The first-order chi connectivity index (χ1) is 9.54. The molecule has 0 aliphatic rings. The zero-order valence-corrected chi connectivity index (χ0v) is 13.7. The molecule has 0 aliphatic carbocycles. The average molecular weight is 350 g/mol.